The number of nitrogens with one attached hydrogen (secondary N) is 1. The van der Waals surface area contributed by atoms with Crippen LogP contribution in [-0.4, -0.2) is 21.9 Å². The van der Waals surface area contributed by atoms with Gasteiger partial charge in [0.25, 0.3) is 11.6 Å². The molecule has 0 fully saturated rings. The van der Waals surface area contributed by atoms with E-state index >= 15 is 0 Å². The van der Waals surface area contributed by atoms with Crippen LogP contribution in [0.3, 0.4) is 0 Å². The number of carbonyl (C=O) groups is 1. The molecule has 1 heterocycles. The molecular formula is C17H14ClN3O3. The first-order chi connectivity index (χ1) is 11.6. The second-order valence-corrected chi connectivity index (χ2v) is 5.65. The van der Waals surface area contributed by atoms with Gasteiger partial charge in [-0.25, -0.2) is 0 Å². The van der Waals surface area contributed by atoms with Crippen molar-refractivity contribution in [1.82, 2.24) is 9.88 Å². The van der Waals surface area contributed by atoms with Gasteiger partial charge >= 0.3 is 0 Å². The van der Waals surface area contributed by atoms with Crippen LogP contribution in [0.15, 0.2) is 54.7 Å². The first-order valence-corrected chi connectivity index (χ1v) is 7.70. The fourth-order valence-electron chi connectivity index (χ4n) is 2.52. The quantitative estimate of drug-likeness (QED) is 0.567. The maximum Gasteiger partial charge on any atom is 0.270 e. The number of para-hydroxylation sites is 1. The molecule has 3 aromatic rings. The summed E-state index contributed by atoms with van der Waals surface area (Å²) < 4.78 is 2.03. The molecule has 1 N–H and O–H groups in total. The van der Waals surface area contributed by atoms with Gasteiger partial charge in [0, 0.05) is 36.9 Å². The Hall–Kier alpha value is -2.86. The predicted molar refractivity (Wildman–Crippen MR) is 92.4 cm³/mol. The summed E-state index contributed by atoms with van der Waals surface area (Å²) in [6, 6.07) is 13.8. The highest BCUT2D eigenvalue weighted by atomic mass is 35.5. The van der Waals surface area contributed by atoms with Gasteiger partial charge in [-0.1, -0.05) is 29.8 Å². The molecule has 0 atom stereocenters. The monoisotopic (exact) mass is 343 g/mol. The second kappa shape index (κ2) is 6.72. The third-order valence-electron chi connectivity index (χ3n) is 3.72. The van der Waals surface area contributed by atoms with Crippen LogP contribution in [-0.2, 0) is 6.54 Å². The van der Waals surface area contributed by atoms with Gasteiger partial charge in [0.2, 0.25) is 0 Å². The lowest BCUT2D eigenvalue weighted by Crippen LogP contribution is -2.27. The Bertz CT molecular complexity index is 920. The number of halogens is 1. The van der Waals surface area contributed by atoms with E-state index in [1.807, 2.05) is 41.1 Å². The summed E-state index contributed by atoms with van der Waals surface area (Å²) in [6.07, 6.45) is 1.96. The SMILES string of the molecule is O=C(NCCn1ccc2ccccc21)c1cc([N+](=O)[O-])ccc1Cl. The predicted octanol–water partition coefficient (Wildman–Crippen LogP) is 3.63. The summed E-state index contributed by atoms with van der Waals surface area (Å²) in [4.78, 5) is 22.5. The second-order valence-electron chi connectivity index (χ2n) is 5.25. The molecule has 0 spiro atoms. The summed E-state index contributed by atoms with van der Waals surface area (Å²) in [5.74, 6) is -0.430. The molecule has 7 heteroatoms. The Morgan fingerprint density at radius 3 is 2.79 bits per heavy atom. The molecule has 122 valence electrons. The number of hydrogen-bond acceptors (Lipinski definition) is 3. The number of carbonyl (C=O) groups excluding carboxylic acids is 1. The van der Waals surface area contributed by atoms with E-state index < -0.39 is 10.8 Å². The summed E-state index contributed by atoms with van der Waals surface area (Å²) in [5, 5.41) is 14.9. The Morgan fingerprint density at radius 1 is 1.21 bits per heavy atom. The number of rotatable bonds is 5. The van der Waals surface area contributed by atoms with E-state index in [4.69, 9.17) is 11.6 Å². The molecule has 6 nitrogen and oxygen atoms in total. The number of non-ortho nitro benzene ring substituents is 1. The van der Waals surface area contributed by atoms with Crippen LogP contribution in [0.4, 0.5) is 5.69 Å². The average Bonchev–Trinajstić information content (AvgIpc) is 2.98. The average molecular weight is 344 g/mol. The molecule has 0 saturated carbocycles. The van der Waals surface area contributed by atoms with Crippen LogP contribution in [0, 0.1) is 10.1 Å². The zero-order valence-electron chi connectivity index (χ0n) is 12.6. The molecular weight excluding hydrogens is 330 g/mol. The molecule has 0 unspecified atom stereocenters. The molecule has 1 aromatic heterocycles. The van der Waals surface area contributed by atoms with Gasteiger partial charge < -0.3 is 9.88 Å². The minimum atomic E-state index is -0.556. The van der Waals surface area contributed by atoms with Crippen LogP contribution >= 0.6 is 11.6 Å². The lowest BCUT2D eigenvalue weighted by atomic mass is 10.2. The maximum absolute atomic E-state index is 12.2. The number of amides is 1. The van der Waals surface area contributed by atoms with Crippen LogP contribution < -0.4 is 5.32 Å². The molecule has 0 aliphatic rings. The lowest BCUT2D eigenvalue weighted by Gasteiger charge is -2.08. The Kier molecular flexibility index (Phi) is 4.48. The van der Waals surface area contributed by atoms with Gasteiger partial charge in [0.05, 0.1) is 15.5 Å². The molecule has 2 aromatic carbocycles. The number of hydrogen-bond donors (Lipinski definition) is 1. The molecule has 0 bridgehead atoms. The van der Waals surface area contributed by atoms with Crippen molar-refractivity contribution in [1.29, 1.82) is 0 Å². The molecule has 3 rings (SSSR count). The zero-order valence-corrected chi connectivity index (χ0v) is 13.4. The van der Waals surface area contributed by atoms with Crippen LogP contribution in [0.25, 0.3) is 10.9 Å². The largest absolute Gasteiger partial charge is 0.350 e. The Balaban J connectivity index is 1.68. The van der Waals surface area contributed by atoms with Gasteiger partial charge in [-0.15, -0.1) is 0 Å². The lowest BCUT2D eigenvalue weighted by molar-refractivity contribution is -0.384. The number of nitro groups is 1. The highest BCUT2D eigenvalue weighted by Crippen LogP contribution is 2.22. The number of fused-ring (bicyclic) bond motifs is 1. The van der Waals surface area contributed by atoms with Crippen LogP contribution in [0.1, 0.15) is 10.4 Å². The van der Waals surface area contributed by atoms with E-state index in [9.17, 15) is 14.9 Å². The number of benzene rings is 2. The van der Waals surface area contributed by atoms with Crippen molar-refractivity contribution in [3.8, 4) is 0 Å². The molecule has 0 radical (unpaired) electrons. The Morgan fingerprint density at radius 2 is 2.00 bits per heavy atom. The van der Waals surface area contributed by atoms with Crippen molar-refractivity contribution in [2.24, 2.45) is 0 Å². The summed E-state index contributed by atoms with van der Waals surface area (Å²) in [5.41, 5.74) is 1.02. The first-order valence-electron chi connectivity index (χ1n) is 7.32. The summed E-state index contributed by atoms with van der Waals surface area (Å²) in [7, 11) is 0. The number of nitro benzene ring substituents is 1. The van der Waals surface area contributed by atoms with Crippen molar-refractivity contribution in [3.63, 3.8) is 0 Å². The van der Waals surface area contributed by atoms with Gasteiger partial charge in [-0.05, 0) is 23.6 Å². The highest BCUT2D eigenvalue weighted by Gasteiger charge is 2.15. The van der Waals surface area contributed by atoms with Crippen molar-refractivity contribution < 1.29 is 9.72 Å². The summed E-state index contributed by atoms with van der Waals surface area (Å²) in [6.45, 7) is 0.975. The van der Waals surface area contributed by atoms with E-state index in [0.29, 0.717) is 13.1 Å². The molecule has 1 amide bonds. The van der Waals surface area contributed by atoms with Gasteiger partial charge in [0.15, 0.2) is 0 Å². The smallest absolute Gasteiger partial charge is 0.270 e. The maximum atomic E-state index is 12.2. The van der Waals surface area contributed by atoms with Gasteiger partial charge in [-0.2, -0.15) is 0 Å². The van der Waals surface area contributed by atoms with Crippen LogP contribution in [0.5, 0.6) is 0 Å². The first kappa shape index (κ1) is 16.0. The fraction of sp³-hybridized carbons (Fsp3) is 0.118. The Labute approximate surface area is 142 Å². The molecule has 0 aliphatic carbocycles. The summed E-state index contributed by atoms with van der Waals surface area (Å²) >= 11 is 5.96. The molecule has 0 aliphatic heterocycles. The molecule has 0 saturated heterocycles. The van der Waals surface area contributed by atoms with Crippen molar-refractivity contribution in [2.45, 2.75) is 6.54 Å². The van der Waals surface area contributed by atoms with E-state index in [1.165, 1.54) is 18.2 Å². The minimum absolute atomic E-state index is 0.100. The standard InChI is InChI=1S/C17H14ClN3O3/c18-15-6-5-13(21(23)24)11-14(15)17(22)19-8-10-20-9-7-12-3-1-2-4-16(12)20/h1-7,9,11H,8,10H2,(H,19,22). The van der Waals surface area contributed by atoms with E-state index in [1.54, 1.807) is 0 Å². The van der Waals surface area contributed by atoms with Crippen molar-refractivity contribution >= 4 is 34.1 Å². The fourth-order valence-corrected chi connectivity index (χ4v) is 2.72. The van der Waals surface area contributed by atoms with Crippen LogP contribution in [0.2, 0.25) is 5.02 Å². The van der Waals surface area contributed by atoms with Crippen molar-refractivity contribution in [3.05, 3.63) is 75.4 Å². The zero-order chi connectivity index (χ0) is 17.1. The van der Waals surface area contributed by atoms with E-state index in [-0.39, 0.29) is 16.3 Å². The van der Waals surface area contributed by atoms with E-state index in [0.717, 1.165) is 10.9 Å². The third-order valence-corrected chi connectivity index (χ3v) is 4.05. The minimum Gasteiger partial charge on any atom is -0.350 e. The normalized spacial score (nSPS) is 10.7. The third kappa shape index (κ3) is 3.23. The highest BCUT2D eigenvalue weighted by molar-refractivity contribution is 6.33. The number of nitrogens with zero attached hydrogens (tertiary/aromatic N) is 2. The van der Waals surface area contributed by atoms with Gasteiger partial charge in [0.1, 0.15) is 0 Å². The van der Waals surface area contributed by atoms with Gasteiger partial charge in [-0.3, -0.25) is 14.9 Å². The van der Waals surface area contributed by atoms with E-state index in [2.05, 4.69) is 5.32 Å². The molecule has 24 heavy (non-hydrogen) atoms. The van der Waals surface area contributed by atoms with Crippen molar-refractivity contribution in [2.75, 3.05) is 6.54 Å². The number of aromatic nitrogens is 1. The topological polar surface area (TPSA) is 77.2 Å².